The third-order valence-corrected chi connectivity index (χ3v) is 6.54. The van der Waals surface area contributed by atoms with Crippen LogP contribution < -0.4 is 14.2 Å². The molecule has 1 heterocycles. The molecular weight excluding hydrogens is 462 g/mol. The summed E-state index contributed by atoms with van der Waals surface area (Å²) in [7, 11) is 4.76. The van der Waals surface area contributed by atoms with E-state index in [9.17, 15) is 4.79 Å². The van der Waals surface area contributed by atoms with E-state index in [1.807, 2.05) is 47.0 Å². The normalized spacial score (nSPS) is 10.7. The van der Waals surface area contributed by atoms with Crippen molar-refractivity contribution in [2.45, 2.75) is 18.1 Å². The summed E-state index contributed by atoms with van der Waals surface area (Å²) in [5.41, 5.74) is 2.56. The highest BCUT2D eigenvalue weighted by Crippen LogP contribution is 2.32. The van der Waals surface area contributed by atoms with Crippen LogP contribution in [0.4, 0.5) is 0 Å². The van der Waals surface area contributed by atoms with E-state index in [1.54, 1.807) is 39.5 Å². The minimum Gasteiger partial charge on any atom is -0.497 e. The molecule has 0 saturated carbocycles. The number of thioether (sulfide) groups is 1. The highest BCUT2D eigenvalue weighted by Gasteiger charge is 2.20. The lowest BCUT2D eigenvalue weighted by molar-refractivity contribution is 0.101. The Hall–Kier alpha value is -3.78. The van der Waals surface area contributed by atoms with Gasteiger partial charge in [-0.3, -0.25) is 4.79 Å². The number of Topliss-reactive ketones (excluding diaryl/α,β-unsaturated/α-hetero) is 1. The molecule has 0 atom stereocenters. The number of carbonyl (C=O) groups is 1. The van der Waals surface area contributed by atoms with Gasteiger partial charge in [0.2, 0.25) is 0 Å². The van der Waals surface area contributed by atoms with E-state index >= 15 is 0 Å². The van der Waals surface area contributed by atoms with E-state index in [-0.39, 0.29) is 11.5 Å². The molecule has 8 heteroatoms. The van der Waals surface area contributed by atoms with Crippen molar-refractivity contribution in [3.63, 3.8) is 0 Å². The number of ether oxygens (including phenoxy) is 3. The summed E-state index contributed by atoms with van der Waals surface area (Å²) in [6.07, 6.45) is 0.800. The Labute approximate surface area is 209 Å². The lowest BCUT2D eigenvalue weighted by Gasteiger charge is -2.13. The third kappa shape index (κ3) is 5.66. The van der Waals surface area contributed by atoms with Gasteiger partial charge in [-0.25, -0.2) is 0 Å². The molecule has 180 valence electrons. The molecule has 0 aliphatic heterocycles. The Balaban J connectivity index is 1.60. The highest BCUT2D eigenvalue weighted by molar-refractivity contribution is 7.99. The summed E-state index contributed by atoms with van der Waals surface area (Å²) in [5, 5.41) is 9.58. The lowest BCUT2D eigenvalue weighted by Crippen LogP contribution is -2.09. The molecule has 0 N–H and O–H groups in total. The van der Waals surface area contributed by atoms with Gasteiger partial charge >= 0.3 is 0 Å². The van der Waals surface area contributed by atoms with Gasteiger partial charge in [0.15, 0.2) is 16.8 Å². The molecule has 0 saturated heterocycles. The first kappa shape index (κ1) is 24.3. The molecule has 1 aromatic heterocycles. The second-order valence-electron chi connectivity index (χ2n) is 7.67. The van der Waals surface area contributed by atoms with Crippen LogP contribution in [0.5, 0.6) is 17.2 Å². The average molecular weight is 490 g/mol. The molecule has 0 spiro atoms. The zero-order valence-corrected chi connectivity index (χ0v) is 20.7. The number of nitrogens with zero attached hydrogens (tertiary/aromatic N) is 3. The van der Waals surface area contributed by atoms with Crippen LogP contribution in [0.3, 0.4) is 0 Å². The average Bonchev–Trinajstić information content (AvgIpc) is 3.33. The Morgan fingerprint density at radius 3 is 2.34 bits per heavy atom. The van der Waals surface area contributed by atoms with Crippen molar-refractivity contribution >= 4 is 17.5 Å². The van der Waals surface area contributed by atoms with Crippen LogP contribution in [0.25, 0.3) is 11.4 Å². The molecule has 0 unspecified atom stereocenters. The molecule has 0 bridgehead atoms. The third-order valence-electron chi connectivity index (χ3n) is 5.57. The SMILES string of the molecule is COc1ccc(C(=O)CSc2nnc(-c3ccccc3OC)n2CCc2ccccc2)c(OC)c1. The maximum atomic E-state index is 13.0. The van der Waals surface area contributed by atoms with Crippen molar-refractivity contribution in [2.24, 2.45) is 0 Å². The number of benzene rings is 3. The number of hydrogen-bond donors (Lipinski definition) is 0. The summed E-state index contributed by atoms with van der Waals surface area (Å²) in [6, 6.07) is 23.2. The van der Waals surface area contributed by atoms with E-state index in [0.29, 0.717) is 34.6 Å². The fraction of sp³-hybridized carbons (Fsp3) is 0.222. The van der Waals surface area contributed by atoms with E-state index in [4.69, 9.17) is 14.2 Å². The first-order chi connectivity index (χ1) is 17.1. The van der Waals surface area contributed by atoms with Crippen LogP contribution in [0, 0.1) is 0 Å². The van der Waals surface area contributed by atoms with Gasteiger partial charge < -0.3 is 18.8 Å². The maximum absolute atomic E-state index is 13.0. The zero-order valence-electron chi connectivity index (χ0n) is 19.9. The largest absolute Gasteiger partial charge is 0.497 e. The number of para-hydroxylation sites is 1. The van der Waals surface area contributed by atoms with Gasteiger partial charge in [0.25, 0.3) is 0 Å². The monoisotopic (exact) mass is 489 g/mol. The Kier molecular flexibility index (Phi) is 8.05. The standard InChI is InChI=1S/C27H27N3O4S/c1-32-20-13-14-21(25(17-20)34-3)23(31)18-35-27-29-28-26(22-11-7-8-12-24(22)33-2)30(27)16-15-19-9-5-4-6-10-19/h4-14,17H,15-16,18H2,1-3H3. The van der Waals surface area contributed by atoms with Crippen LogP contribution >= 0.6 is 11.8 Å². The minimum absolute atomic E-state index is 0.0639. The molecule has 4 aromatic rings. The van der Waals surface area contributed by atoms with Gasteiger partial charge in [-0.05, 0) is 36.2 Å². The molecule has 35 heavy (non-hydrogen) atoms. The molecule has 0 fully saturated rings. The van der Waals surface area contributed by atoms with Crippen molar-refractivity contribution in [1.82, 2.24) is 14.8 Å². The van der Waals surface area contributed by atoms with Crippen molar-refractivity contribution in [3.8, 4) is 28.6 Å². The number of hydrogen-bond acceptors (Lipinski definition) is 7. The van der Waals surface area contributed by atoms with Crippen molar-refractivity contribution < 1.29 is 19.0 Å². The number of carbonyl (C=O) groups excluding carboxylic acids is 1. The van der Waals surface area contributed by atoms with Gasteiger partial charge in [0.05, 0.1) is 38.2 Å². The van der Waals surface area contributed by atoms with Crippen molar-refractivity contribution in [2.75, 3.05) is 27.1 Å². The first-order valence-corrected chi connectivity index (χ1v) is 12.1. The Bertz CT molecular complexity index is 1290. The Morgan fingerprint density at radius 1 is 0.857 bits per heavy atom. The van der Waals surface area contributed by atoms with Gasteiger partial charge in [0.1, 0.15) is 17.2 Å². The second-order valence-corrected chi connectivity index (χ2v) is 8.61. The fourth-order valence-corrected chi connectivity index (χ4v) is 4.60. The molecule has 7 nitrogen and oxygen atoms in total. The molecule has 0 radical (unpaired) electrons. The summed E-state index contributed by atoms with van der Waals surface area (Å²) < 4.78 is 18.2. The van der Waals surface area contributed by atoms with Gasteiger partial charge in [-0.2, -0.15) is 0 Å². The maximum Gasteiger partial charge on any atom is 0.191 e. The smallest absolute Gasteiger partial charge is 0.191 e. The van der Waals surface area contributed by atoms with E-state index < -0.39 is 0 Å². The quantitative estimate of drug-likeness (QED) is 0.212. The Morgan fingerprint density at radius 2 is 1.60 bits per heavy atom. The van der Waals surface area contributed by atoms with Crippen LogP contribution in [-0.2, 0) is 13.0 Å². The molecule has 0 aliphatic rings. The number of aryl methyl sites for hydroxylation is 1. The molecular formula is C27H27N3O4S. The molecule has 3 aromatic carbocycles. The van der Waals surface area contributed by atoms with Crippen LogP contribution in [0.2, 0.25) is 0 Å². The van der Waals surface area contributed by atoms with Gasteiger partial charge in [-0.1, -0.05) is 54.2 Å². The van der Waals surface area contributed by atoms with Gasteiger partial charge in [0, 0.05) is 12.6 Å². The minimum atomic E-state index is -0.0639. The molecule has 0 aliphatic carbocycles. The van der Waals surface area contributed by atoms with E-state index in [1.165, 1.54) is 17.3 Å². The molecule has 4 rings (SSSR count). The van der Waals surface area contributed by atoms with Crippen molar-refractivity contribution in [3.05, 3.63) is 83.9 Å². The van der Waals surface area contributed by atoms with Crippen LogP contribution in [-0.4, -0.2) is 47.6 Å². The van der Waals surface area contributed by atoms with Crippen LogP contribution in [0.15, 0.2) is 78.0 Å². The summed E-state index contributed by atoms with van der Waals surface area (Å²) in [6.45, 7) is 0.659. The predicted molar refractivity (Wildman–Crippen MR) is 137 cm³/mol. The number of rotatable bonds is 11. The fourth-order valence-electron chi connectivity index (χ4n) is 3.75. The topological polar surface area (TPSA) is 75.5 Å². The number of methoxy groups -OCH3 is 3. The summed E-state index contributed by atoms with van der Waals surface area (Å²) >= 11 is 1.36. The summed E-state index contributed by atoms with van der Waals surface area (Å²) in [5.74, 6) is 2.67. The lowest BCUT2D eigenvalue weighted by atomic mass is 10.1. The molecule has 0 amide bonds. The second kappa shape index (κ2) is 11.6. The van der Waals surface area contributed by atoms with Crippen molar-refractivity contribution in [1.29, 1.82) is 0 Å². The predicted octanol–water partition coefficient (Wildman–Crippen LogP) is 5.19. The summed E-state index contributed by atoms with van der Waals surface area (Å²) in [4.78, 5) is 13.0. The van der Waals surface area contributed by atoms with Crippen LogP contribution in [0.1, 0.15) is 15.9 Å². The number of aromatic nitrogens is 3. The number of ketones is 1. The first-order valence-electron chi connectivity index (χ1n) is 11.1. The zero-order chi connectivity index (χ0) is 24.6. The van der Waals surface area contributed by atoms with Gasteiger partial charge in [-0.15, -0.1) is 10.2 Å². The highest BCUT2D eigenvalue weighted by atomic mass is 32.2. The van der Waals surface area contributed by atoms with E-state index in [0.717, 1.165) is 17.7 Å². The van der Waals surface area contributed by atoms with E-state index in [2.05, 4.69) is 22.3 Å².